The van der Waals surface area contributed by atoms with Gasteiger partial charge in [-0.3, -0.25) is 9.59 Å². The lowest BCUT2D eigenvalue weighted by Crippen LogP contribution is -2.12. The largest absolute Gasteiger partial charge is 0.321 e. The number of halogens is 2. The van der Waals surface area contributed by atoms with Gasteiger partial charge in [0.15, 0.2) is 5.78 Å². The van der Waals surface area contributed by atoms with Crippen molar-refractivity contribution in [3.05, 3.63) is 79.7 Å². The van der Waals surface area contributed by atoms with E-state index in [-0.39, 0.29) is 11.7 Å². The van der Waals surface area contributed by atoms with E-state index in [4.69, 9.17) is 23.2 Å². The molecule has 0 fully saturated rings. The Labute approximate surface area is 164 Å². The number of nitrogens with zero attached hydrogens (tertiary/aromatic N) is 1. The summed E-state index contributed by atoms with van der Waals surface area (Å²) in [5, 5.41) is 6.35. The van der Waals surface area contributed by atoms with Gasteiger partial charge in [0.2, 0.25) is 0 Å². The molecule has 0 radical (unpaired) electrons. The van der Waals surface area contributed by atoms with Gasteiger partial charge in [0, 0.05) is 33.1 Å². The number of carbonyl (C=O) groups excluding carboxylic acids is 2. The molecule has 0 saturated heterocycles. The molecule has 1 N–H and O–H groups in total. The van der Waals surface area contributed by atoms with Gasteiger partial charge in [-0.1, -0.05) is 29.3 Å². The second-order valence-corrected chi connectivity index (χ2v) is 7.35. The van der Waals surface area contributed by atoms with Crippen LogP contribution < -0.4 is 5.32 Å². The topological polar surface area (TPSA) is 59.1 Å². The first-order valence-corrected chi connectivity index (χ1v) is 9.37. The molecule has 7 heteroatoms. The van der Waals surface area contributed by atoms with Crippen molar-refractivity contribution >= 4 is 51.9 Å². The third-order valence-corrected chi connectivity index (χ3v) is 5.28. The van der Waals surface area contributed by atoms with Gasteiger partial charge in [-0.25, -0.2) is 4.98 Å². The van der Waals surface area contributed by atoms with Crippen LogP contribution in [0.1, 0.15) is 38.3 Å². The van der Waals surface area contributed by atoms with E-state index in [2.05, 4.69) is 10.3 Å². The molecule has 26 heavy (non-hydrogen) atoms. The molecule has 0 saturated carbocycles. The van der Waals surface area contributed by atoms with E-state index in [1.54, 1.807) is 47.8 Å². The van der Waals surface area contributed by atoms with Gasteiger partial charge in [0.1, 0.15) is 5.69 Å². The Morgan fingerprint density at radius 2 is 1.73 bits per heavy atom. The number of carbonyl (C=O) groups is 2. The molecule has 1 heterocycles. The van der Waals surface area contributed by atoms with Crippen LogP contribution in [0.15, 0.2) is 47.8 Å². The van der Waals surface area contributed by atoms with Crippen LogP contribution >= 0.6 is 34.5 Å². The Hall–Kier alpha value is -2.21. The number of thiazole rings is 1. The smallest absolute Gasteiger partial charge is 0.275 e. The lowest BCUT2D eigenvalue weighted by molar-refractivity contribution is 0.101. The number of rotatable bonds is 5. The average Bonchev–Trinajstić information content (AvgIpc) is 3.07. The SMILES string of the molecule is CC(=O)c1ccc(NC(=O)c2csc(Cc3c(Cl)cccc3Cl)n2)cc1. The third kappa shape index (κ3) is 4.30. The van der Waals surface area contributed by atoms with Crippen molar-refractivity contribution in [2.24, 2.45) is 0 Å². The highest BCUT2D eigenvalue weighted by Gasteiger charge is 2.14. The predicted octanol–water partition coefficient (Wildman–Crippen LogP) is 5.50. The number of hydrogen-bond acceptors (Lipinski definition) is 4. The minimum absolute atomic E-state index is 0.0229. The molecule has 0 aliphatic rings. The number of ketones is 1. The molecule has 0 unspecified atom stereocenters. The van der Waals surface area contributed by atoms with Crippen molar-refractivity contribution in [1.29, 1.82) is 0 Å². The normalized spacial score (nSPS) is 10.6. The van der Waals surface area contributed by atoms with Crippen molar-refractivity contribution < 1.29 is 9.59 Å². The Balaban J connectivity index is 1.71. The number of Topliss-reactive ketones (excluding diaryl/α,β-unsaturated/α-hetero) is 1. The number of benzene rings is 2. The monoisotopic (exact) mass is 404 g/mol. The quantitative estimate of drug-likeness (QED) is 0.571. The maximum atomic E-state index is 12.3. The Morgan fingerprint density at radius 3 is 2.35 bits per heavy atom. The molecule has 0 atom stereocenters. The van der Waals surface area contributed by atoms with E-state index in [1.807, 2.05) is 0 Å². The van der Waals surface area contributed by atoms with Gasteiger partial charge in [-0.05, 0) is 48.9 Å². The van der Waals surface area contributed by atoms with Crippen molar-refractivity contribution in [3.63, 3.8) is 0 Å². The number of anilines is 1. The van der Waals surface area contributed by atoms with Crippen LogP contribution in [0, 0.1) is 0 Å². The Bertz CT molecular complexity index is 948. The van der Waals surface area contributed by atoms with Crippen molar-refractivity contribution in [3.8, 4) is 0 Å². The molecule has 3 aromatic rings. The first kappa shape index (κ1) is 18.6. The summed E-state index contributed by atoms with van der Waals surface area (Å²) in [6.45, 7) is 1.50. The second-order valence-electron chi connectivity index (χ2n) is 5.59. The van der Waals surface area contributed by atoms with E-state index in [0.29, 0.717) is 33.4 Å². The molecule has 1 aromatic heterocycles. The maximum Gasteiger partial charge on any atom is 0.275 e. The van der Waals surface area contributed by atoms with E-state index < -0.39 is 0 Å². The first-order chi connectivity index (χ1) is 12.4. The van der Waals surface area contributed by atoms with E-state index in [1.165, 1.54) is 18.3 Å². The highest BCUT2D eigenvalue weighted by Crippen LogP contribution is 2.28. The minimum Gasteiger partial charge on any atom is -0.321 e. The zero-order valence-corrected chi connectivity index (χ0v) is 16.1. The fourth-order valence-electron chi connectivity index (χ4n) is 2.33. The lowest BCUT2D eigenvalue weighted by Gasteiger charge is -2.05. The lowest BCUT2D eigenvalue weighted by atomic mass is 10.1. The van der Waals surface area contributed by atoms with Gasteiger partial charge in [-0.2, -0.15) is 0 Å². The summed E-state index contributed by atoms with van der Waals surface area (Å²) >= 11 is 13.7. The highest BCUT2D eigenvalue weighted by atomic mass is 35.5. The molecular weight excluding hydrogens is 391 g/mol. The van der Waals surface area contributed by atoms with Gasteiger partial charge in [0.05, 0.1) is 5.01 Å². The summed E-state index contributed by atoms with van der Waals surface area (Å²) < 4.78 is 0. The third-order valence-electron chi connectivity index (χ3n) is 3.72. The molecule has 1 amide bonds. The average molecular weight is 405 g/mol. The van der Waals surface area contributed by atoms with E-state index in [9.17, 15) is 9.59 Å². The molecule has 0 spiro atoms. The molecule has 0 aliphatic carbocycles. The number of amides is 1. The molecule has 0 aliphatic heterocycles. The zero-order chi connectivity index (χ0) is 18.7. The predicted molar refractivity (Wildman–Crippen MR) is 106 cm³/mol. The molecule has 2 aromatic carbocycles. The van der Waals surface area contributed by atoms with Crippen LogP contribution in [0.4, 0.5) is 5.69 Å². The Kier molecular flexibility index (Phi) is 5.71. The summed E-state index contributed by atoms with van der Waals surface area (Å²) in [4.78, 5) is 28.0. The van der Waals surface area contributed by atoms with Gasteiger partial charge >= 0.3 is 0 Å². The number of aromatic nitrogens is 1. The molecule has 0 bridgehead atoms. The fourth-order valence-corrected chi connectivity index (χ4v) is 3.65. The van der Waals surface area contributed by atoms with Crippen molar-refractivity contribution in [1.82, 2.24) is 4.98 Å². The van der Waals surface area contributed by atoms with Crippen molar-refractivity contribution in [2.75, 3.05) is 5.32 Å². The Morgan fingerprint density at radius 1 is 1.08 bits per heavy atom. The van der Waals surface area contributed by atoms with Gasteiger partial charge in [0.25, 0.3) is 5.91 Å². The highest BCUT2D eigenvalue weighted by molar-refractivity contribution is 7.09. The van der Waals surface area contributed by atoms with Crippen LogP contribution in [-0.4, -0.2) is 16.7 Å². The minimum atomic E-state index is -0.312. The summed E-state index contributed by atoms with van der Waals surface area (Å²) in [5.74, 6) is -0.335. The maximum absolute atomic E-state index is 12.3. The van der Waals surface area contributed by atoms with Crippen LogP contribution in [0.2, 0.25) is 10.0 Å². The van der Waals surface area contributed by atoms with Gasteiger partial charge in [-0.15, -0.1) is 11.3 Å². The summed E-state index contributed by atoms with van der Waals surface area (Å²) in [7, 11) is 0. The van der Waals surface area contributed by atoms with E-state index >= 15 is 0 Å². The number of hydrogen-bond donors (Lipinski definition) is 1. The van der Waals surface area contributed by atoms with Crippen LogP contribution in [0.5, 0.6) is 0 Å². The molecular formula is C19H14Cl2N2O2S. The van der Waals surface area contributed by atoms with E-state index in [0.717, 1.165) is 10.6 Å². The van der Waals surface area contributed by atoms with Crippen LogP contribution in [0.25, 0.3) is 0 Å². The molecule has 132 valence electrons. The molecule has 3 rings (SSSR count). The fraction of sp³-hybridized carbons (Fsp3) is 0.105. The van der Waals surface area contributed by atoms with Crippen LogP contribution in [-0.2, 0) is 6.42 Å². The number of nitrogens with one attached hydrogen (secondary N) is 1. The first-order valence-electron chi connectivity index (χ1n) is 7.73. The summed E-state index contributed by atoms with van der Waals surface area (Å²) in [5.41, 5.74) is 2.31. The van der Waals surface area contributed by atoms with Crippen LogP contribution in [0.3, 0.4) is 0 Å². The second kappa shape index (κ2) is 7.99. The zero-order valence-electron chi connectivity index (χ0n) is 13.8. The van der Waals surface area contributed by atoms with Gasteiger partial charge < -0.3 is 5.32 Å². The summed E-state index contributed by atoms with van der Waals surface area (Å²) in [6, 6.07) is 12.0. The summed E-state index contributed by atoms with van der Waals surface area (Å²) in [6.07, 6.45) is 0.462. The molecule has 4 nitrogen and oxygen atoms in total. The standard InChI is InChI=1S/C19H14Cl2N2O2S/c1-11(24)12-5-7-13(8-6-12)22-19(25)17-10-26-18(23-17)9-14-15(20)3-2-4-16(14)21/h2-8,10H,9H2,1H3,(H,22,25). The van der Waals surface area contributed by atoms with Crippen molar-refractivity contribution in [2.45, 2.75) is 13.3 Å².